The van der Waals surface area contributed by atoms with Crippen LogP contribution in [0.15, 0.2) is 30.3 Å². The van der Waals surface area contributed by atoms with Crippen LogP contribution in [0, 0.1) is 0 Å². The predicted molar refractivity (Wildman–Crippen MR) is 91.7 cm³/mol. The van der Waals surface area contributed by atoms with Crippen LogP contribution in [-0.2, 0) is 13.0 Å². The minimum Gasteiger partial charge on any atom is -0.493 e. The van der Waals surface area contributed by atoms with Crippen LogP contribution in [0.5, 0.6) is 5.75 Å². The second-order valence-electron chi connectivity index (χ2n) is 6.52. The molecule has 0 bridgehead atoms. The van der Waals surface area contributed by atoms with E-state index in [1.54, 1.807) is 0 Å². The van der Waals surface area contributed by atoms with Gasteiger partial charge in [-0.2, -0.15) is 0 Å². The fraction of sp³-hybridized carbons (Fsp3) is 0.412. The molecular formula is C17H19N7O. The van der Waals surface area contributed by atoms with Crippen LogP contribution >= 0.6 is 0 Å². The standard InChI is InChI=1S/C17H19N7O/c1-2-15-14(5-10-25-15)11-13(1)12-22-6-8-23(9-7-22)17-4-3-16-18-20-21-24(16)19-17/h1-4,11H,5-10,12H2. The summed E-state index contributed by atoms with van der Waals surface area (Å²) in [7, 11) is 0. The van der Waals surface area contributed by atoms with Crippen LogP contribution in [0.2, 0.25) is 0 Å². The predicted octanol–water partition coefficient (Wildman–Crippen LogP) is 0.776. The first-order chi connectivity index (χ1) is 12.3. The molecule has 0 aliphatic carbocycles. The summed E-state index contributed by atoms with van der Waals surface area (Å²) in [6.45, 7) is 5.74. The molecule has 1 fully saturated rings. The lowest BCUT2D eigenvalue weighted by Crippen LogP contribution is -2.46. The van der Waals surface area contributed by atoms with Crippen molar-refractivity contribution in [3.8, 4) is 5.75 Å². The van der Waals surface area contributed by atoms with Gasteiger partial charge in [0.2, 0.25) is 0 Å². The zero-order chi connectivity index (χ0) is 16.6. The average Bonchev–Trinajstić information content (AvgIpc) is 3.30. The second-order valence-corrected chi connectivity index (χ2v) is 6.52. The van der Waals surface area contributed by atoms with Crippen molar-refractivity contribution in [1.82, 2.24) is 30.2 Å². The quantitative estimate of drug-likeness (QED) is 0.699. The minimum atomic E-state index is 0.669. The van der Waals surface area contributed by atoms with E-state index in [9.17, 15) is 0 Å². The van der Waals surface area contributed by atoms with Crippen LogP contribution in [0.3, 0.4) is 0 Å². The molecule has 3 aromatic rings. The number of fused-ring (bicyclic) bond motifs is 2. The van der Waals surface area contributed by atoms with Crippen LogP contribution in [0.4, 0.5) is 5.82 Å². The average molecular weight is 337 g/mol. The van der Waals surface area contributed by atoms with E-state index in [-0.39, 0.29) is 0 Å². The van der Waals surface area contributed by atoms with Gasteiger partial charge in [-0.3, -0.25) is 4.90 Å². The van der Waals surface area contributed by atoms with Gasteiger partial charge in [0.15, 0.2) is 11.5 Å². The molecule has 0 unspecified atom stereocenters. The maximum atomic E-state index is 5.59. The second kappa shape index (κ2) is 5.96. The summed E-state index contributed by atoms with van der Waals surface area (Å²) in [5, 5.41) is 15.9. The van der Waals surface area contributed by atoms with E-state index < -0.39 is 0 Å². The molecule has 4 heterocycles. The Morgan fingerprint density at radius 3 is 2.88 bits per heavy atom. The van der Waals surface area contributed by atoms with Gasteiger partial charge in [-0.1, -0.05) is 12.1 Å². The number of aromatic nitrogens is 5. The van der Waals surface area contributed by atoms with Crippen molar-refractivity contribution >= 4 is 11.5 Å². The molecule has 0 N–H and O–H groups in total. The molecule has 1 aromatic carbocycles. The van der Waals surface area contributed by atoms with Crippen LogP contribution in [-0.4, -0.2) is 62.9 Å². The smallest absolute Gasteiger partial charge is 0.200 e. The molecule has 1 saturated heterocycles. The molecule has 8 heteroatoms. The lowest BCUT2D eigenvalue weighted by atomic mass is 10.1. The SMILES string of the molecule is c1cc2c(cc1CN1CCN(c3ccc4nnnn4n3)CC1)CCO2. The summed E-state index contributed by atoms with van der Waals surface area (Å²) in [5.41, 5.74) is 3.38. The Hall–Kier alpha value is -2.74. The first kappa shape index (κ1) is 14.6. The van der Waals surface area contributed by atoms with E-state index >= 15 is 0 Å². The number of hydrogen-bond donors (Lipinski definition) is 0. The summed E-state index contributed by atoms with van der Waals surface area (Å²) < 4.78 is 7.07. The van der Waals surface area contributed by atoms with E-state index in [0.717, 1.165) is 57.3 Å². The Balaban J connectivity index is 1.23. The molecule has 0 saturated carbocycles. The van der Waals surface area contributed by atoms with Crippen LogP contribution in [0.25, 0.3) is 5.65 Å². The maximum absolute atomic E-state index is 5.59. The zero-order valence-corrected chi connectivity index (χ0v) is 13.9. The van der Waals surface area contributed by atoms with Gasteiger partial charge in [-0.05, 0) is 39.8 Å². The van der Waals surface area contributed by atoms with E-state index in [4.69, 9.17) is 4.74 Å². The summed E-state index contributed by atoms with van der Waals surface area (Å²) >= 11 is 0. The lowest BCUT2D eigenvalue weighted by molar-refractivity contribution is 0.249. The molecule has 2 aromatic heterocycles. The third-order valence-electron chi connectivity index (χ3n) is 4.91. The van der Waals surface area contributed by atoms with Gasteiger partial charge in [-0.15, -0.1) is 14.8 Å². The molecule has 0 amide bonds. The number of rotatable bonds is 3. The molecule has 0 radical (unpaired) electrons. The first-order valence-corrected chi connectivity index (χ1v) is 8.62. The van der Waals surface area contributed by atoms with Crippen molar-refractivity contribution in [2.24, 2.45) is 0 Å². The molecular weight excluding hydrogens is 318 g/mol. The van der Waals surface area contributed by atoms with Crippen molar-refractivity contribution < 1.29 is 4.74 Å². The van der Waals surface area contributed by atoms with Gasteiger partial charge in [0.25, 0.3) is 0 Å². The topological polar surface area (TPSA) is 71.7 Å². The van der Waals surface area contributed by atoms with Crippen molar-refractivity contribution in [3.63, 3.8) is 0 Å². The normalized spacial score (nSPS) is 17.7. The first-order valence-electron chi connectivity index (χ1n) is 8.62. The highest BCUT2D eigenvalue weighted by atomic mass is 16.5. The van der Waals surface area contributed by atoms with E-state index in [2.05, 4.69) is 48.6 Å². The minimum absolute atomic E-state index is 0.669. The van der Waals surface area contributed by atoms with Crippen LogP contribution in [0.1, 0.15) is 11.1 Å². The van der Waals surface area contributed by atoms with Crippen molar-refractivity contribution in [3.05, 3.63) is 41.5 Å². The largest absolute Gasteiger partial charge is 0.493 e. The maximum Gasteiger partial charge on any atom is 0.200 e. The fourth-order valence-electron chi connectivity index (χ4n) is 3.54. The number of tetrazole rings is 1. The van der Waals surface area contributed by atoms with E-state index in [1.807, 2.05) is 12.1 Å². The van der Waals surface area contributed by atoms with Crippen molar-refractivity contribution in [2.45, 2.75) is 13.0 Å². The molecule has 25 heavy (non-hydrogen) atoms. The third-order valence-corrected chi connectivity index (χ3v) is 4.91. The Labute approximate surface area is 145 Å². The van der Waals surface area contributed by atoms with Gasteiger partial charge in [0.05, 0.1) is 6.61 Å². The highest BCUT2D eigenvalue weighted by Crippen LogP contribution is 2.26. The molecule has 5 rings (SSSR count). The summed E-state index contributed by atoms with van der Waals surface area (Å²) in [4.78, 5) is 4.78. The van der Waals surface area contributed by atoms with Crippen molar-refractivity contribution in [2.75, 3.05) is 37.7 Å². The summed E-state index contributed by atoms with van der Waals surface area (Å²) in [6.07, 6.45) is 1.03. The zero-order valence-electron chi connectivity index (χ0n) is 13.9. The highest BCUT2D eigenvalue weighted by molar-refractivity contribution is 5.44. The van der Waals surface area contributed by atoms with Gasteiger partial charge in [0, 0.05) is 39.1 Å². The monoisotopic (exact) mass is 337 g/mol. The Bertz CT molecular complexity index is 901. The number of nitrogens with zero attached hydrogens (tertiary/aromatic N) is 7. The Kier molecular flexibility index (Phi) is 3.48. The number of piperazine rings is 1. The number of ether oxygens (including phenoxy) is 1. The molecule has 0 spiro atoms. The molecule has 8 nitrogen and oxygen atoms in total. The third kappa shape index (κ3) is 2.78. The Morgan fingerprint density at radius 2 is 1.96 bits per heavy atom. The molecule has 128 valence electrons. The number of anilines is 1. The number of benzene rings is 1. The van der Waals surface area contributed by atoms with Gasteiger partial charge >= 0.3 is 0 Å². The lowest BCUT2D eigenvalue weighted by Gasteiger charge is -2.35. The van der Waals surface area contributed by atoms with Gasteiger partial charge < -0.3 is 9.64 Å². The van der Waals surface area contributed by atoms with Crippen LogP contribution < -0.4 is 9.64 Å². The van der Waals surface area contributed by atoms with Gasteiger partial charge in [-0.25, -0.2) is 0 Å². The molecule has 2 aliphatic heterocycles. The highest BCUT2D eigenvalue weighted by Gasteiger charge is 2.20. The van der Waals surface area contributed by atoms with Gasteiger partial charge in [0.1, 0.15) is 5.75 Å². The Morgan fingerprint density at radius 1 is 1.04 bits per heavy atom. The fourth-order valence-corrected chi connectivity index (χ4v) is 3.54. The molecule has 2 aliphatic rings. The number of hydrogen-bond acceptors (Lipinski definition) is 7. The summed E-state index contributed by atoms with van der Waals surface area (Å²) in [6, 6.07) is 10.5. The summed E-state index contributed by atoms with van der Waals surface area (Å²) in [5.74, 6) is 1.98. The van der Waals surface area contributed by atoms with E-state index in [1.165, 1.54) is 15.8 Å². The molecule has 0 atom stereocenters. The van der Waals surface area contributed by atoms with Crippen molar-refractivity contribution in [1.29, 1.82) is 0 Å². The van der Waals surface area contributed by atoms with E-state index in [0.29, 0.717) is 5.65 Å².